The monoisotopic (exact) mass is 545 g/mol. The van der Waals surface area contributed by atoms with E-state index in [4.69, 9.17) is 14.5 Å². The number of rotatable bonds is 10. The lowest BCUT2D eigenvalue weighted by atomic mass is 9.86. The first-order valence-electron chi connectivity index (χ1n) is 13.4. The Morgan fingerprint density at radius 1 is 1.00 bits per heavy atom. The third-order valence-corrected chi connectivity index (χ3v) is 7.60. The summed E-state index contributed by atoms with van der Waals surface area (Å²) in [6.07, 6.45) is 4.65. The van der Waals surface area contributed by atoms with Gasteiger partial charge < -0.3 is 24.6 Å². The number of alkyl carbamates (subject to hydrolysis) is 1. The van der Waals surface area contributed by atoms with Crippen LogP contribution in [-0.2, 0) is 9.47 Å². The van der Waals surface area contributed by atoms with E-state index in [0.717, 1.165) is 59.9 Å². The van der Waals surface area contributed by atoms with Crippen molar-refractivity contribution >= 4 is 34.9 Å². The fourth-order valence-corrected chi connectivity index (χ4v) is 5.59. The largest absolute Gasteiger partial charge is 0.447 e. The number of benzene rings is 1. The molecule has 1 aromatic carbocycles. The molecule has 0 spiro atoms. The number of ether oxygens (including phenoxy) is 2. The number of nitrogens with zero attached hydrogens (tertiary/aromatic N) is 3. The zero-order valence-electron chi connectivity index (χ0n) is 23.7. The minimum absolute atomic E-state index is 0.120. The number of anilines is 2. The predicted octanol–water partition coefficient (Wildman–Crippen LogP) is 5.93. The first kappa shape index (κ1) is 29.7. The highest BCUT2D eigenvalue weighted by molar-refractivity contribution is 7.15. The Bertz CT molecular complexity index is 1060. The van der Waals surface area contributed by atoms with E-state index in [1.165, 1.54) is 0 Å². The van der Waals surface area contributed by atoms with Gasteiger partial charge in [0.15, 0.2) is 0 Å². The van der Waals surface area contributed by atoms with Crippen molar-refractivity contribution < 1.29 is 19.1 Å². The van der Waals surface area contributed by atoms with Crippen LogP contribution in [0.15, 0.2) is 24.4 Å². The summed E-state index contributed by atoms with van der Waals surface area (Å²) in [6.45, 7) is 9.10. The van der Waals surface area contributed by atoms with E-state index in [1.54, 1.807) is 11.3 Å². The summed E-state index contributed by atoms with van der Waals surface area (Å²) in [5.41, 5.74) is 2.81. The highest BCUT2D eigenvalue weighted by Crippen LogP contribution is 2.41. The molecule has 2 aromatic rings. The maximum absolute atomic E-state index is 12.2. The van der Waals surface area contributed by atoms with Crippen molar-refractivity contribution in [3.8, 4) is 10.4 Å². The molecule has 1 aliphatic rings. The van der Waals surface area contributed by atoms with Crippen molar-refractivity contribution in [2.24, 2.45) is 0 Å². The molecule has 9 nitrogen and oxygen atoms in total. The average molecular weight is 546 g/mol. The smallest absolute Gasteiger partial charge is 0.411 e. The Morgan fingerprint density at radius 2 is 1.66 bits per heavy atom. The number of carbonyl (C=O) groups excluding carboxylic acids is 2. The molecule has 0 atom stereocenters. The molecular formula is C28H43N5O4S. The molecule has 38 heavy (non-hydrogen) atoms. The third kappa shape index (κ3) is 8.87. The van der Waals surface area contributed by atoms with Crippen LogP contribution in [0.4, 0.5) is 21.0 Å². The first-order chi connectivity index (χ1) is 18.0. The summed E-state index contributed by atoms with van der Waals surface area (Å²) in [7, 11) is 6.18. The summed E-state index contributed by atoms with van der Waals surface area (Å²) < 4.78 is 10.5. The van der Waals surface area contributed by atoms with Gasteiger partial charge in [0.25, 0.3) is 0 Å². The van der Waals surface area contributed by atoms with Gasteiger partial charge in [-0.3, -0.25) is 5.32 Å². The van der Waals surface area contributed by atoms with E-state index in [9.17, 15) is 9.59 Å². The zero-order chi connectivity index (χ0) is 27.8. The number of aromatic nitrogens is 1. The SMILES string of the molecule is CC(C)OC(=O)Nc1ccc(-c2cnc(C3CCC(NC(=O)OC(C)C)CC3)s2)c(N(C)CCN(C)C)c1. The van der Waals surface area contributed by atoms with Crippen LogP contribution in [0.2, 0.25) is 0 Å². The van der Waals surface area contributed by atoms with Gasteiger partial charge in [-0.2, -0.15) is 0 Å². The van der Waals surface area contributed by atoms with Crippen LogP contribution in [0.25, 0.3) is 10.4 Å². The molecule has 0 aliphatic heterocycles. The van der Waals surface area contributed by atoms with Gasteiger partial charge in [0.05, 0.1) is 22.1 Å². The lowest BCUT2D eigenvalue weighted by molar-refractivity contribution is 0.109. The van der Waals surface area contributed by atoms with E-state index >= 15 is 0 Å². The highest BCUT2D eigenvalue weighted by atomic mass is 32.1. The maximum Gasteiger partial charge on any atom is 0.411 e. The van der Waals surface area contributed by atoms with Crippen molar-refractivity contribution in [2.75, 3.05) is 44.4 Å². The molecule has 10 heteroatoms. The fraction of sp³-hybridized carbons (Fsp3) is 0.607. The van der Waals surface area contributed by atoms with E-state index < -0.39 is 6.09 Å². The second kappa shape index (κ2) is 13.8. The summed E-state index contributed by atoms with van der Waals surface area (Å²) in [4.78, 5) is 34.4. The van der Waals surface area contributed by atoms with Crippen molar-refractivity contribution in [2.45, 2.75) is 77.5 Å². The summed E-state index contributed by atoms with van der Waals surface area (Å²) in [5.74, 6) is 0.384. The number of thiazole rings is 1. The number of carbonyl (C=O) groups is 2. The Kier molecular flexibility index (Phi) is 10.8. The molecule has 1 heterocycles. The lowest BCUT2D eigenvalue weighted by Crippen LogP contribution is -2.38. The van der Waals surface area contributed by atoms with Crippen molar-refractivity contribution in [3.05, 3.63) is 29.4 Å². The maximum atomic E-state index is 12.2. The molecule has 1 saturated carbocycles. The van der Waals surface area contributed by atoms with Crippen LogP contribution in [-0.4, -0.2) is 74.6 Å². The molecule has 210 valence electrons. The lowest BCUT2D eigenvalue weighted by Gasteiger charge is -2.28. The Morgan fingerprint density at radius 3 is 2.29 bits per heavy atom. The number of hydrogen-bond donors (Lipinski definition) is 2. The second-order valence-electron chi connectivity index (χ2n) is 10.7. The van der Waals surface area contributed by atoms with Gasteiger partial charge in [0, 0.05) is 55.2 Å². The quantitative estimate of drug-likeness (QED) is 0.382. The second-order valence-corrected chi connectivity index (χ2v) is 11.8. The molecule has 0 unspecified atom stereocenters. The van der Waals surface area contributed by atoms with Crippen LogP contribution < -0.4 is 15.5 Å². The minimum atomic E-state index is -0.461. The number of nitrogens with one attached hydrogen (secondary N) is 2. The predicted molar refractivity (Wildman–Crippen MR) is 154 cm³/mol. The van der Waals surface area contributed by atoms with Crippen molar-refractivity contribution in [3.63, 3.8) is 0 Å². The molecule has 1 fully saturated rings. The van der Waals surface area contributed by atoms with Gasteiger partial charge in [-0.15, -0.1) is 11.3 Å². The van der Waals surface area contributed by atoms with Crippen LogP contribution in [0, 0.1) is 0 Å². The molecule has 2 N–H and O–H groups in total. The van der Waals surface area contributed by atoms with Gasteiger partial charge in [-0.25, -0.2) is 14.6 Å². The molecule has 1 aromatic heterocycles. The van der Waals surface area contributed by atoms with Crippen LogP contribution >= 0.6 is 11.3 Å². The summed E-state index contributed by atoms with van der Waals surface area (Å²) >= 11 is 1.73. The van der Waals surface area contributed by atoms with Gasteiger partial charge in [0.1, 0.15) is 0 Å². The third-order valence-electron chi connectivity index (χ3n) is 6.41. The molecule has 3 rings (SSSR count). The van der Waals surface area contributed by atoms with Gasteiger partial charge >= 0.3 is 12.2 Å². The first-order valence-corrected chi connectivity index (χ1v) is 14.2. The Balaban J connectivity index is 1.74. The molecule has 0 bridgehead atoms. The van der Waals surface area contributed by atoms with Crippen molar-refractivity contribution in [1.29, 1.82) is 0 Å². The fourth-order valence-electron chi connectivity index (χ4n) is 4.47. The van der Waals surface area contributed by atoms with E-state index in [-0.39, 0.29) is 24.3 Å². The molecule has 0 radical (unpaired) electrons. The molecular weight excluding hydrogens is 502 g/mol. The van der Waals surface area contributed by atoms with Crippen LogP contribution in [0.1, 0.15) is 64.3 Å². The normalized spacial score (nSPS) is 17.5. The van der Waals surface area contributed by atoms with Crippen molar-refractivity contribution in [1.82, 2.24) is 15.2 Å². The number of amides is 2. The van der Waals surface area contributed by atoms with E-state index in [0.29, 0.717) is 11.6 Å². The summed E-state index contributed by atoms with van der Waals surface area (Å²) in [6, 6.07) is 6.10. The number of likely N-dealkylation sites (N-methyl/N-ethyl adjacent to an activating group) is 2. The van der Waals surface area contributed by atoms with E-state index in [2.05, 4.69) is 41.6 Å². The van der Waals surface area contributed by atoms with Gasteiger partial charge in [0.2, 0.25) is 0 Å². The Hall–Kier alpha value is -2.85. The Labute approximate surface area is 230 Å². The molecule has 1 aliphatic carbocycles. The van der Waals surface area contributed by atoms with Crippen LogP contribution in [0.5, 0.6) is 0 Å². The minimum Gasteiger partial charge on any atom is -0.447 e. The van der Waals surface area contributed by atoms with Gasteiger partial charge in [-0.05, 0) is 85.7 Å². The standard InChI is InChI=1S/C28H43N5O4S/c1-18(2)36-27(34)30-21-10-8-20(9-11-21)26-29-17-25(38-26)23-13-12-22(31-28(35)37-19(3)4)16-24(23)33(7)15-14-32(5)6/h12-13,16-21H,8-11,14-15H2,1-7H3,(H,30,34)(H,31,35). The number of hydrogen-bond acceptors (Lipinski definition) is 8. The topological polar surface area (TPSA) is 96.0 Å². The molecule has 0 saturated heterocycles. The molecule has 2 amide bonds. The van der Waals surface area contributed by atoms with Crippen LogP contribution in [0.3, 0.4) is 0 Å². The highest BCUT2D eigenvalue weighted by Gasteiger charge is 2.26. The summed E-state index contributed by atoms with van der Waals surface area (Å²) in [5, 5.41) is 6.98. The average Bonchev–Trinajstić information content (AvgIpc) is 3.32. The van der Waals surface area contributed by atoms with E-state index in [1.807, 2.05) is 52.1 Å². The van der Waals surface area contributed by atoms with Gasteiger partial charge in [-0.1, -0.05) is 0 Å². The zero-order valence-corrected chi connectivity index (χ0v) is 24.6.